The lowest BCUT2D eigenvalue weighted by Crippen LogP contribution is -2.35. The largest absolute Gasteiger partial charge is 0.476 e. The maximum absolute atomic E-state index is 10.8. The molecule has 136 valence electrons. The number of nitrogens with zero attached hydrogens (tertiary/aromatic N) is 3. The van der Waals surface area contributed by atoms with Crippen LogP contribution in [-0.2, 0) is 12.8 Å². The maximum atomic E-state index is 10.8. The number of aromatic nitrogens is 2. The molecule has 0 atom stereocenters. The molecule has 0 unspecified atom stereocenters. The Kier molecular flexibility index (Phi) is 4.84. The van der Waals surface area contributed by atoms with Crippen LogP contribution < -0.4 is 4.74 Å². The normalized spacial score (nSPS) is 18.3. The molecule has 2 heterocycles. The molecule has 0 radical (unpaired) electrons. The van der Waals surface area contributed by atoms with Gasteiger partial charge in [-0.2, -0.15) is 0 Å². The highest BCUT2D eigenvalue weighted by Gasteiger charge is 2.24. The summed E-state index contributed by atoms with van der Waals surface area (Å²) in [6.07, 6.45) is 10.1. The molecule has 2 aromatic rings. The number of hydrogen-bond donors (Lipinski definition) is 1. The van der Waals surface area contributed by atoms with Gasteiger partial charge in [0.25, 0.3) is 0 Å². The molecule has 26 heavy (non-hydrogen) atoms. The molecule has 1 fully saturated rings. The monoisotopic (exact) mass is 353 g/mol. The Morgan fingerprint density at radius 2 is 1.85 bits per heavy atom. The minimum atomic E-state index is -1.10. The molecule has 1 aliphatic heterocycles. The lowest BCUT2D eigenvalue weighted by Gasteiger charge is -2.26. The second-order valence-corrected chi connectivity index (χ2v) is 7.05. The van der Waals surface area contributed by atoms with Crippen LogP contribution in [0.5, 0.6) is 11.6 Å². The quantitative estimate of drug-likeness (QED) is 0.909. The zero-order valence-corrected chi connectivity index (χ0v) is 14.7. The van der Waals surface area contributed by atoms with Gasteiger partial charge in [0.2, 0.25) is 5.88 Å². The van der Waals surface area contributed by atoms with Crippen LogP contribution in [0, 0.1) is 0 Å². The summed E-state index contributed by atoms with van der Waals surface area (Å²) in [6, 6.07) is 6.95. The predicted molar refractivity (Wildman–Crippen MR) is 96.7 cm³/mol. The van der Waals surface area contributed by atoms with Gasteiger partial charge in [0.05, 0.1) is 12.4 Å². The molecular formula is C20H23N3O3. The summed E-state index contributed by atoms with van der Waals surface area (Å²) in [4.78, 5) is 21.3. The first kappa shape index (κ1) is 17.0. The van der Waals surface area contributed by atoms with E-state index in [2.05, 4.69) is 27.0 Å². The van der Waals surface area contributed by atoms with E-state index in [1.807, 2.05) is 6.07 Å². The SMILES string of the molecule is O=C(O)c1cnc(Oc2ccc3c(c2)CCN(C2CCCC2)CC3)cn1. The second-order valence-electron chi connectivity index (χ2n) is 7.05. The van der Waals surface area contributed by atoms with Crippen LogP contribution >= 0.6 is 0 Å². The minimum absolute atomic E-state index is 0.0914. The zero-order chi connectivity index (χ0) is 17.9. The highest BCUT2D eigenvalue weighted by Crippen LogP contribution is 2.28. The lowest BCUT2D eigenvalue weighted by molar-refractivity contribution is 0.0690. The van der Waals surface area contributed by atoms with E-state index in [9.17, 15) is 4.79 Å². The van der Waals surface area contributed by atoms with E-state index >= 15 is 0 Å². The van der Waals surface area contributed by atoms with Gasteiger partial charge in [0.1, 0.15) is 5.75 Å². The number of carboxylic acid groups (broad SMARTS) is 1. The average molecular weight is 353 g/mol. The lowest BCUT2D eigenvalue weighted by atomic mass is 10.0. The van der Waals surface area contributed by atoms with Crippen LogP contribution in [0.15, 0.2) is 30.6 Å². The average Bonchev–Trinajstić information content (AvgIpc) is 3.10. The number of rotatable bonds is 4. The van der Waals surface area contributed by atoms with Gasteiger partial charge in [-0.1, -0.05) is 18.9 Å². The van der Waals surface area contributed by atoms with E-state index in [1.165, 1.54) is 49.2 Å². The van der Waals surface area contributed by atoms with E-state index < -0.39 is 5.97 Å². The van der Waals surface area contributed by atoms with E-state index in [-0.39, 0.29) is 5.69 Å². The molecule has 6 nitrogen and oxygen atoms in total. The third-order valence-electron chi connectivity index (χ3n) is 5.43. The highest BCUT2D eigenvalue weighted by molar-refractivity contribution is 5.84. The maximum Gasteiger partial charge on any atom is 0.356 e. The summed E-state index contributed by atoms with van der Waals surface area (Å²) in [5.41, 5.74) is 2.63. The summed E-state index contributed by atoms with van der Waals surface area (Å²) in [6.45, 7) is 2.24. The third-order valence-corrected chi connectivity index (χ3v) is 5.43. The Balaban J connectivity index is 1.45. The van der Waals surface area contributed by atoms with E-state index in [1.54, 1.807) is 0 Å². The number of carbonyl (C=O) groups is 1. The van der Waals surface area contributed by atoms with Crippen molar-refractivity contribution in [2.45, 2.75) is 44.6 Å². The van der Waals surface area contributed by atoms with Gasteiger partial charge in [-0.05, 0) is 48.9 Å². The molecule has 0 saturated heterocycles. The van der Waals surface area contributed by atoms with Gasteiger partial charge in [0.15, 0.2) is 5.69 Å². The number of carboxylic acids is 1. The Hall–Kier alpha value is -2.47. The highest BCUT2D eigenvalue weighted by atomic mass is 16.5. The molecule has 1 aliphatic carbocycles. The van der Waals surface area contributed by atoms with Gasteiger partial charge >= 0.3 is 5.97 Å². The van der Waals surface area contributed by atoms with Crippen molar-refractivity contribution in [3.05, 3.63) is 47.4 Å². The predicted octanol–water partition coefficient (Wildman–Crippen LogP) is 3.31. The first-order valence-electron chi connectivity index (χ1n) is 9.28. The Bertz CT molecular complexity index is 785. The summed E-state index contributed by atoms with van der Waals surface area (Å²) >= 11 is 0. The Labute approximate surface area is 152 Å². The molecule has 2 aliphatic rings. The van der Waals surface area contributed by atoms with Crippen LogP contribution in [0.4, 0.5) is 0 Å². The van der Waals surface area contributed by atoms with Crippen LogP contribution in [0.3, 0.4) is 0 Å². The summed E-state index contributed by atoms with van der Waals surface area (Å²) in [7, 11) is 0. The summed E-state index contributed by atoms with van der Waals surface area (Å²) < 4.78 is 5.77. The van der Waals surface area contributed by atoms with E-state index in [0.717, 1.165) is 37.7 Å². The third kappa shape index (κ3) is 3.70. The molecule has 6 heteroatoms. The fourth-order valence-corrected chi connectivity index (χ4v) is 4.02. The number of ether oxygens (including phenoxy) is 1. The van der Waals surface area contributed by atoms with Crippen LogP contribution in [0.1, 0.15) is 47.3 Å². The number of hydrogen-bond acceptors (Lipinski definition) is 5. The molecule has 0 amide bonds. The van der Waals surface area contributed by atoms with Crippen molar-refractivity contribution in [3.8, 4) is 11.6 Å². The number of aromatic carboxylic acids is 1. The first-order chi connectivity index (χ1) is 12.7. The van der Waals surface area contributed by atoms with Crippen LogP contribution in [-0.4, -0.2) is 45.1 Å². The van der Waals surface area contributed by atoms with Gasteiger partial charge in [-0.15, -0.1) is 0 Å². The zero-order valence-electron chi connectivity index (χ0n) is 14.7. The van der Waals surface area contributed by atoms with Crippen molar-refractivity contribution >= 4 is 5.97 Å². The number of fused-ring (bicyclic) bond motifs is 1. The number of benzene rings is 1. The van der Waals surface area contributed by atoms with Crippen molar-refractivity contribution in [1.82, 2.24) is 14.9 Å². The smallest absolute Gasteiger partial charge is 0.356 e. The molecule has 0 bridgehead atoms. The second kappa shape index (κ2) is 7.41. The topological polar surface area (TPSA) is 75.6 Å². The Morgan fingerprint density at radius 1 is 1.08 bits per heavy atom. The molecule has 0 spiro atoms. The molecule has 1 N–H and O–H groups in total. The first-order valence-corrected chi connectivity index (χ1v) is 9.28. The van der Waals surface area contributed by atoms with E-state index in [0.29, 0.717) is 5.88 Å². The van der Waals surface area contributed by atoms with Gasteiger partial charge < -0.3 is 9.84 Å². The molecular weight excluding hydrogens is 330 g/mol. The van der Waals surface area contributed by atoms with Crippen molar-refractivity contribution < 1.29 is 14.6 Å². The van der Waals surface area contributed by atoms with Crippen molar-refractivity contribution in [1.29, 1.82) is 0 Å². The van der Waals surface area contributed by atoms with Crippen LogP contribution in [0.25, 0.3) is 0 Å². The standard InChI is InChI=1S/C20H23N3O3/c24-20(25)18-12-22-19(13-21-18)26-17-6-5-14-7-9-23(10-8-15(14)11-17)16-3-1-2-4-16/h5-6,11-13,16H,1-4,7-10H2,(H,24,25). The van der Waals surface area contributed by atoms with Crippen molar-refractivity contribution in [2.75, 3.05) is 13.1 Å². The molecule has 4 rings (SSSR count). The molecule has 1 aromatic heterocycles. The van der Waals surface area contributed by atoms with Gasteiger partial charge in [-0.25, -0.2) is 14.8 Å². The summed E-state index contributed by atoms with van der Waals surface area (Å²) in [5.74, 6) is -0.0764. The van der Waals surface area contributed by atoms with Crippen molar-refractivity contribution in [2.24, 2.45) is 0 Å². The van der Waals surface area contributed by atoms with Gasteiger partial charge in [-0.3, -0.25) is 4.90 Å². The Morgan fingerprint density at radius 3 is 2.54 bits per heavy atom. The minimum Gasteiger partial charge on any atom is -0.476 e. The van der Waals surface area contributed by atoms with E-state index in [4.69, 9.17) is 9.84 Å². The fourth-order valence-electron chi connectivity index (χ4n) is 4.02. The molecule has 1 saturated carbocycles. The fraction of sp³-hybridized carbons (Fsp3) is 0.450. The van der Waals surface area contributed by atoms with Crippen LogP contribution in [0.2, 0.25) is 0 Å². The summed E-state index contributed by atoms with van der Waals surface area (Å²) in [5, 5.41) is 8.88. The van der Waals surface area contributed by atoms with Gasteiger partial charge in [0, 0.05) is 19.1 Å². The molecule has 1 aromatic carbocycles. The van der Waals surface area contributed by atoms with Crippen molar-refractivity contribution in [3.63, 3.8) is 0 Å².